The van der Waals surface area contributed by atoms with Gasteiger partial charge in [-0.05, 0) is 42.5 Å². The first kappa shape index (κ1) is 22.4. The molecule has 0 unspecified atom stereocenters. The minimum absolute atomic E-state index is 0.0359. The Kier molecular flexibility index (Phi) is 6.34. The summed E-state index contributed by atoms with van der Waals surface area (Å²) in [6.07, 6.45) is 4.30. The van der Waals surface area contributed by atoms with E-state index in [-0.39, 0.29) is 21.3 Å². The summed E-state index contributed by atoms with van der Waals surface area (Å²) in [5, 5.41) is 2.56. The molecule has 7 nitrogen and oxygen atoms in total. The zero-order valence-corrected chi connectivity index (χ0v) is 18.4. The molecule has 4 aromatic rings. The van der Waals surface area contributed by atoms with Crippen LogP contribution in [0.4, 0.5) is 15.8 Å². The topological polar surface area (TPSA) is 101 Å². The quantitative estimate of drug-likeness (QED) is 0.377. The largest absolute Gasteiger partial charge is 0.322 e. The molecule has 1 amide bonds. The normalized spacial score (nSPS) is 11.1. The molecular formula is C23H16ClFN4O3S. The monoisotopic (exact) mass is 482 g/mol. The highest BCUT2D eigenvalue weighted by atomic mass is 35.5. The van der Waals surface area contributed by atoms with Crippen LogP contribution < -0.4 is 10.0 Å². The van der Waals surface area contributed by atoms with Crippen LogP contribution >= 0.6 is 11.6 Å². The highest BCUT2D eigenvalue weighted by Crippen LogP contribution is 2.29. The van der Waals surface area contributed by atoms with Gasteiger partial charge in [-0.1, -0.05) is 35.9 Å². The number of hydrogen-bond donors (Lipinski definition) is 2. The first-order valence-corrected chi connectivity index (χ1v) is 11.4. The molecule has 0 bridgehead atoms. The molecule has 0 spiro atoms. The lowest BCUT2D eigenvalue weighted by Gasteiger charge is -2.11. The standard InChI is InChI=1S/C23H16ClFN4O3S/c24-22-21(29-33(31,32)20-7-2-1-3-8-20)10-16(14-27-22)15-9-17(13-26-12-15)23(30)28-19-6-4-5-18(25)11-19/h1-14,29H,(H,28,30). The highest BCUT2D eigenvalue weighted by Gasteiger charge is 2.17. The predicted octanol–water partition coefficient (Wildman–Crippen LogP) is 4.99. The van der Waals surface area contributed by atoms with Crippen LogP contribution in [0.3, 0.4) is 0 Å². The number of amides is 1. The fourth-order valence-electron chi connectivity index (χ4n) is 2.97. The summed E-state index contributed by atoms with van der Waals surface area (Å²) in [7, 11) is -3.88. The van der Waals surface area contributed by atoms with Gasteiger partial charge in [0.2, 0.25) is 0 Å². The molecule has 4 rings (SSSR count). The molecule has 0 fully saturated rings. The van der Waals surface area contributed by atoms with E-state index in [0.29, 0.717) is 16.8 Å². The predicted molar refractivity (Wildman–Crippen MR) is 124 cm³/mol. The van der Waals surface area contributed by atoms with Crippen molar-refractivity contribution >= 4 is 38.9 Å². The van der Waals surface area contributed by atoms with Gasteiger partial charge in [0.25, 0.3) is 15.9 Å². The van der Waals surface area contributed by atoms with Gasteiger partial charge in [-0.15, -0.1) is 0 Å². The summed E-state index contributed by atoms with van der Waals surface area (Å²) in [5.41, 5.74) is 1.59. The van der Waals surface area contributed by atoms with Gasteiger partial charge in [-0.2, -0.15) is 0 Å². The number of nitrogens with one attached hydrogen (secondary N) is 2. The van der Waals surface area contributed by atoms with Crippen LogP contribution in [0.1, 0.15) is 10.4 Å². The minimum Gasteiger partial charge on any atom is -0.322 e. The van der Waals surface area contributed by atoms with Crippen molar-refractivity contribution in [1.82, 2.24) is 9.97 Å². The van der Waals surface area contributed by atoms with Crippen molar-refractivity contribution in [1.29, 1.82) is 0 Å². The lowest BCUT2D eigenvalue weighted by molar-refractivity contribution is 0.102. The van der Waals surface area contributed by atoms with E-state index in [4.69, 9.17) is 11.6 Å². The second-order valence-electron chi connectivity index (χ2n) is 6.91. The minimum atomic E-state index is -3.88. The Hall–Kier alpha value is -3.82. The third kappa shape index (κ3) is 5.33. The van der Waals surface area contributed by atoms with Crippen LogP contribution in [0.5, 0.6) is 0 Å². The van der Waals surface area contributed by atoms with Crippen molar-refractivity contribution in [2.45, 2.75) is 4.90 Å². The average molecular weight is 483 g/mol. The fraction of sp³-hybridized carbons (Fsp3) is 0. The first-order valence-electron chi connectivity index (χ1n) is 9.57. The van der Waals surface area contributed by atoms with Gasteiger partial charge in [0.1, 0.15) is 5.82 Å². The summed E-state index contributed by atoms with van der Waals surface area (Å²) >= 11 is 6.11. The van der Waals surface area contributed by atoms with Gasteiger partial charge < -0.3 is 5.32 Å². The molecule has 2 aromatic heterocycles. The molecular weight excluding hydrogens is 467 g/mol. The Morgan fingerprint density at radius 1 is 0.909 bits per heavy atom. The highest BCUT2D eigenvalue weighted by molar-refractivity contribution is 7.92. The van der Waals surface area contributed by atoms with Gasteiger partial charge in [0, 0.05) is 35.4 Å². The Morgan fingerprint density at radius 3 is 2.42 bits per heavy atom. The molecule has 0 radical (unpaired) electrons. The molecule has 166 valence electrons. The Balaban J connectivity index is 1.60. The van der Waals surface area contributed by atoms with E-state index < -0.39 is 21.7 Å². The van der Waals surface area contributed by atoms with Crippen LogP contribution in [0.15, 0.2) is 90.2 Å². The van der Waals surface area contributed by atoms with Gasteiger partial charge in [-0.25, -0.2) is 17.8 Å². The van der Waals surface area contributed by atoms with Crippen molar-refractivity contribution in [2.75, 3.05) is 10.0 Å². The van der Waals surface area contributed by atoms with E-state index in [1.807, 2.05) is 0 Å². The van der Waals surface area contributed by atoms with Gasteiger partial charge in [0.15, 0.2) is 5.15 Å². The Labute approximate surface area is 194 Å². The Morgan fingerprint density at radius 2 is 1.67 bits per heavy atom. The van der Waals surface area contributed by atoms with E-state index in [1.54, 1.807) is 30.3 Å². The number of hydrogen-bond acceptors (Lipinski definition) is 5. The maximum Gasteiger partial charge on any atom is 0.261 e. The van der Waals surface area contributed by atoms with E-state index in [1.165, 1.54) is 55.0 Å². The summed E-state index contributed by atoms with van der Waals surface area (Å²) in [6, 6.07) is 16.4. The molecule has 2 N–H and O–H groups in total. The first-order chi connectivity index (χ1) is 15.8. The third-order valence-electron chi connectivity index (χ3n) is 4.55. The van der Waals surface area contributed by atoms with Gasteiger partial charge in [-0.3, -0.25) is 14.5 Å². The van der Waals surface area contributed by atoms with Crippen molar-refractivity contribution < 1.29 is 17.6 Å². The molecule has 0 aliphatic heterocycles. The molecule has 0 atom stereocenters. The van der Waals surface area contributed by atoms with E-state index in [0.717, 1.165) is 0 Å². The van der Waals surface area contributed by atoms with Crippen LogP contribution in [0.2, 0.25) is 5.15 Å². The lowest BCUT2D eigenvalue weighted by Crippen LogP contribution is -2.13. The van der Waals surface area contributed by atoms with Crippen molar-refractivity contribution in [3.05, 3.63) is 102 Å². The fourth-order valence-corrected chi connectivity index (χ4v) is 4.26. The third-order valence-corrected chi connectivity index (χ3v) is 6.24. The summed E-state index contributed by atoms with van der Waals surface area (Å²) in [5.74, 6) is -0.959. The summed E-state index contributed by atoms with van der Waals surface area (Å²) < 4.78 is 41.1. The number of pyridine rings is 2. The number of nitrogens with zero attached hydrogens (tertiary/aromatic N) is 2. The van der Waals surface area contributed by atoms with Gasteiger partial charge >= 0.3 is 0 Å². The molecule has 10 heteroatoms. The zero-order chi connectivity index (χ0) is 23.4. The maximum absolute atomic E-state index is 13.4. The molecule has 0 aliphatic rings. The van der Waals surface area contributed by atoms with Crippen LogP contribution in [0.25, 0.3) is 11.1 Å². The van der Waals surface area contributed by atoms with Crippen LogP contribution in [-0.4, -0.2) is 24.3 Å². The number of sulfonamides is 1. The molecule has 0 saturated heterocycles. The van der Waals surface area contributed by atoms with Crippen LogP contribution in [-0.2, 0) is 10.0 Å². The number of halogens is 2. The molecule has 2 heterocycles. The molecule has 33 heavy (non-hydrogen) atoms. The lowest BCUT2D eigenvalue weighted by atomic mass is 10.1. The number of aromatic nitrogens is 2. The molecule has 2 aromatic carbocycles. The van der Waals surface area contributed by atoms with E-state index >= 15 is 0 Å². The molecule has 0 aliphatic carbocycles. The van der Waals surface area contributed by atoms with Gasteiger partial charge in [0.05, 0.1) is 16.1 Å². The SMILES string of the molecule is O=C(Nc1cccc(F)c1)c1cncc(-c2cnc(Cl)c(NS(=O)(=O)c3ccccc3)c2)c1. The van der Waals surface area contributed by atoms with Crippen molar-refractivity contribution in [3.8, 4) is 11.1 Å². The number of rotatable bonds is 6. The Bertz CT molecular complexity index is 1430. The van der Waals surface area contributed by atoms with Crippen molar-refractivity contribution in [2.24, 2.45) is 0 Å². The number of carbonyl (C=O) groups is 1. The zero-order valence-electron chi connectivity index (χ0n) is 16.9. The van der Waals surface area contributed by atoms with E-state index in [9.17, 15) is 17.6 Å². The van der Waals surface area contributed by atoms with E-state index in [2.05, 4.69) is 20.0 Å². The number of carbonyl (C=O) groups excluding carboxylic acids is 1. The average Bonchev–Trinajstić information content (AvgIpc) is 2.81. The smallest absolute Gasteiger partial charge is 0.261 e. The molecule has 0 saturated carbocycles. The summed E-state index contributed by atoms with van der Waals surface area (Å²) in [4.78, 5) is 20.8. The number of benzene rings is 2. The van der Waals surface area contributed by atoms with Crippen LogP contribution in [0, 0.1) is 5.82 Å². The second-order valence-corrected chi connectivity index (χ2v) is 8.95. The summed E-state index contributed by atoms with van der Waals surface area (Å²) in [6.45, 7) is 0. The number of anilines is 2. The maximum atomic E-state index is 13.4. The second kappa shape index (κ2) is 9.35. The van der Waals surface area contributed by atoms with Crippen molar-refractivity contribution in [3.63, 3.8) is 0 Å².